The molecule has 9 nitrogen and oxygen atoms in total. The van der Waals surface area contributed by atoms with E-state index in [0.717, 1.165) is 0 Å². The van der Waals surface area contributed by atoms with Gasteiger partial charge >= 0.3 is 0 Å². The molecule has 2 heterocycles. The molecular weight excluding hydrogens is 420 g/mol. The fourth-order valence-corrected chi connectivity index (χ4v) is 4.86. The van der Waals surface area contributed by atoms with E-state index in [1.54, 1.807) is 43.5 Å². The molecule has 1 aliphatic rings. The van der Waals surface area contributed by atoms with Crippen LogP contribution in [0.1, 0.15) is 19.8 Å². The average molecular weight is 447 g/mol. The Morgan fingerprint density at radius 1 is 1.19 bits per heavy atom. The van der Waals surface area contributed by atoms with Crippen molar-refractivity contribution in [2.24, 2.45) is 5.92 Å². The van der Waals surface area contributed by atoms with Crippen LogP contribution in [0.3, 0.4) is 0 Å². The largest absolute Gasteiger partial charge is 0.497 e. The SMILES string of the molecule is COc1ccc(S(=O)(=O)N2CCCC(C(=O)NC(C)C(=O)Nc3ccccn3)C2)cc1. The van der Waals surface area contributed by atoms with Crippen LogP contribution in [0.4, 0.5) is 5.82 Å². The fraction of sp³-hybridized carbons (Fsp3) is 0.381. The van der Waals surface area contributed by atoms with Crippen molar-refractivity contribution >= 4 is 27.7 Å². The van der Waals surface area contributed by atoms with Crippen molar-refractivity contribution in [1.29, 1.82) is 0 Å². The summed E-state index contributed by atoms with van der Waals surface area (Å²) < 4.78 is 32.3. The number of pyridine rings is 1. The third kappa shape index (κ3) is 5.59. The molecule has 1 saturated heterocycles. The average Bonchev–Trinajstić information content (AvgIpc) is 2.79. The number of ether oxygens (including phenoxy) is 1. The molecule has 2 amide bonds. The molecule has 1 aromatic heterocycles. The van der Waals surface area contributed by atoms with E-state index in [2.05, 4.69) is 15.6 Å². The van der Waals surface area contributed by atoms with Gasteiger partial charge in [0.2, 0.25) is 21.8 Å². The summed E-state index contributed by atoms with van der Waals surface area (Å²) in [4.78, 5) is 29.2. The Kier molecular flexibility index (Phi) is 7.24. The van der Waals surface area contributed by atoms with Crippen LogP contribution in [0.5, 0.6) is 5.75 Å². The third-order valence-electron chi connectivity index (χ3n) is 5.12. The topological polar surface area (TPSA) is 118 Å². The van der Waals surface area contributed by atoms with Crippen molar-refractivity contribution in [2.75, 3.05) is 25.5 Å². The highest BCUT2D eigenvalue weighted by Gasteiger charge is 2.34. The third-order valence-corrected chi connectivity index (χ3v) is 7.00. The van der Waals surface area contributed by atoms with Gasteiger partial charge in [0.05, 0.1) is 17.9 Å². The first-order valence-corrected chi connectivity index (χ1v) is 11.4. The standard InChI is InChI=1S/C21H26N4O5S/c1-15(20(26)24-19-7-3-4-12-22-19)23-21(27)16-6-5-13-25(14-16)31(28,29)18-10-8-17(30-2)9-11-18/h3-4,7-12,15-16H,5-6,13-14H2,1-2H3,(H,23,27)(H,22,24,26). The van der Waals surface area contributed by atoms with Gasteiger partial charge in [0.1, 0.15) is 17.6 Å². The summed E-state index contributed by atoms with van der Waals surface area (Å²) in [6, 6.07) is 10.5. The minimum Gasteiger partial charge on any atom is -0.497 e. The van der Waals surface area contributed by atoms with E-state index >= 15 is 0 Å². The summed E-state index contributed by atoms with van der Waals surface area (Å²) in [6.07, 6.45) is 2.66. The lowest BCUT2D eigenvalue weighted by atomic mass is 9.98. The van der Waals surface area contributed by atoms with Crippen LogP contribution in [-0.4, -0.2) is 55.8 Å². The number of sulfonamides is 1. The number of carbonyl (C=O) groups is 2. The van der Waals surface area contributed by atoms with Gasteiger partial charge in [-0.05, 0) is 56.2 Å². The highest BCUT2D eigenvalue weighted by molar-refractivity contribution is 7.89. The highest BCUT2D eigenvalue weighted by Crippen LogP contribution is 2.25. The zero-order valence-corrected chi connectivity index (χ0v) is 18.3. The van der Waals surface area contributed by atoms with Crippen LogP contribution in [-0.2, 0) is 19.6 Å². The fourth-order valence-electron chi connectivity index (χ4n) is 3.34. The molecule has 0 aliphatic carbocycles. The molecule has 0 bridgehead atoms. The quantitative estimate of drug-likeness (QED) is 0.668. The normalized spacial score (nSPS) is 18.1. The number of methoxy groups -OCH3 is 1. The van der Waals surface area contributed by atoms with E-state index in [4.69, 9.17) is 4.74 Å². The summed E-state index contributed by atoms with van der Waals surface area (Å²) in [7, 11) is -2.22. The number of aromatic nitrogens is 1. The van der Waals surface area contributed by atoms with Crippen LogP contribution in [0.25, 0.3) is 0 Å². The van der Waals surface area contributed by atoms with Crippen LogP contribution >= 0.6 is 0 Å². The molecule has 0 saturated carbocycles. The number of benzene rings is 1. The molecule has 1 fully saturated rings. The molecule has 3 rings (SSSR count). The van der Waals surface area contributed by atoms with Crippen LogP contribution in [0.15, 0.2) is 53.6 Å². The number of anilines is 1. The number of nitrogens with zero attached hydrogens (tertiary/aromatic N) is 2. The van der Waals surface area contributed by atoms with E-state index in [1.165, 1.54) is 23.5 Å². The first-order chi connectivity index (χ1) is 14.8. The molecule has 166 valence electrons. The van der Waals surface area contributed by atoms with Crippen molar-refractivity contribution in [1.82, 2.24) is 14.6 Å². The van der Waals surface area contributed by atoms with Crippen LogP contribution in [0, 0.1) is 5.92 Å². The lowest BCUT2D eigenvalue weighted by Gasteiger charge is -2.31. The summed E-state index contributed by atoms with van der Waals surface area (Å²) >= 11 is 0. The van der Waals surface area contributed by atoms with Gasteiger partial charge in [-0.1, -0.05) is 6.07 Å². The predicted molar refractivity (Wildman–Crippen MR) is 115 cm³/mol. The van der Waals surface area contributed by atoms with Gasteiger partial charge in [-0.15, -0.1) is 0 Å². The maximum Gasteiger partial charge on any atom is 0.247 e. The molecule has 2 aromatic rings. The molecule has 1 aliphatic heterocycles. The smallest absolute Gasteiger partial charge is 0.247 e. The van der Waals surface area contributed by atoms with Crippen molar-refractivity contribution in [3.8, 4) is 5.75 Å². The number of piperidine rings is 1. The monoisotopic (exact) mass is 446 g/mol. The zero-order chi connectivity index (χ0) is 22.4. The van der Waals surface area contributed by atoms with Crippen molar-refractivity contribution < 1.29 is 22.7 Å². The molecule has 2 N–H and O–H groups in total. The number of hydrogen-bond donors (Lipinski definition) is 2. The molecule has 0 radical (unpaired) electrons. The second-order valence-electron chi connectivity index (χ2n) is 7.31. The minimum atomic E-state index is -3.73. The zero-order valence-electron chi connectivity index (χ0n) is 17.4. The molecule has 2 unspecified atom stereocenters. The number of hydrogen-bond acceptors (Lipinski definition) is 6. The van der Waals surface area contributed by atoms with E-state index < -0.39 is 27.9 Å². The lowest BCUT2D eigenvalue weighted by Crippen LogP contribution is -2.49. The Bertz CT molecular complexity index is 1010. The summed E-state index contributed by atoms with van der Waals surface area (Å²) in [5, 5.41) is 5.31. The second kappa shape index (κ2) is 9.88. The number of nitrogens with one attached hydrogen (secondary N) is 2. The van der Waals surface area contributed by atoms with Crippen molar-refractivity contribution in [3.05, 3.63) is 48.7 Å². The van der Waals surface area contributed by atoms with Gasteiger partial charge in [-0.2, -0.15) is 4.31 Å². The summed E-state index contributed by atoms with van der Waals surface area (Å²) in [5.41, 5.74) is 0. The molecular formula is C21H26N4O5S. The molecule has 31 heavy (non-hydrogen) atoms. The van der Waals surface area contributed by atoms with E-state index in [0.29, 0.717) is 31.0 Å². The first kappa shape index (κ1) is 22.7. The van der Waals surface area contributed by atoms with Gasteiger partial charge in [-0.3, -0.25) is 9.59 Å². The Morgan fingerprint density at radius 2 is 1.94 bits per heavy atom. The van der Waals surface area contributed by atoms with Crippen LogP contribution < -0.4 is 15.4 Å². The van der Waals surface area contributed by atoms with Gasteiger partial charge < -0.3 is 15.4 Å². The Labute approximate surface area is 181 Å². The number of carbonyl (C=O) groups excluding carboxylic acids is 2. The Hall–Kier alpha value is -2.98. The van der Waals surface area contributed by atoms with Gasteiger partial charge in [0.25, 0.3) is 0 Å². The summed E-state index contributed by atoms with van der Waals surface area (Å²) in [5.74, 6) is -0.327. The van der Waals surface area contributed by atoms with Gasteiger partial charge in [0, 0.05) is 19.3 Å². The van der Waals surface area contributed by atoms with E-state index in [9.17, 15) is 18.0 Å². The molecule has 2 atom stereocenters. The molecule has 1 aromatic carbocycles. The Morgan fingerprint density at radius 3 is 2.58 bits per heavy atom. The predicted octanol–water partition coefficient (Wildman–Crippen LogP) is 1.63. The van der Waals surface area contributed by atoms with Crippen molar-refractivity contribution in [2.45, 2.75) is 30.7 Å². The van der Waals surface area contributed by atoms with Gasteiger partial charge in [0.15, 0.2) is 0 Å². The van der Waals surface area contributed by atoms with Crippen LogP contribution in [0.2, 0.25) is 0 Å². The molecule has 10 heteroatoms. The maximum absolute atomic E-state index is 13.0. The molecule has 0 spiro atoms. The number of amides is 2. The first-order valence-electron chi connectivity index (χ1n) is 9.97. The van der Waals surface area contributed by atoms with E-state index in [-0.39, 0.29) is 17.3 Å². The summed E-state index contributed by atoms with van der Waals surface area (Å²) in [6.45, 7) is 1.98. The maximum atomic E-state index is 13.0. The minimum absolute atomic E-state index is 0.0643. The Balaban J connectivity index is 1.61. The van der Waals surface area contributed by atoms with Crippen molar-refractivity contribution in [3.63, 3.8) is 0 Å². The number of rotatable bonds is 7. The lowest BCUT2D eigenvalue weighted by molar-refractivity contribution is -0.129. The van der Waals surface area contributed by atoms with E-state index in [1.807, 2.05) is 0 Å². The highest BCUT2D eigenvalue weighted by atomic mass is 32.2. The van der Waals surface area contributed by atoms with Gasteiger partial charge in [-0.25, -0.2) is 13.4 Å². The second-order valence-corrected chi connectivity index (χ2v) is 9.25.